The first-order chi connectivity index (χ1) is 12.2. The Morgan fingerprint density at radius 2 is 1.72 bits per heavy atom. The van der Waals surface area contributed by atoms with Crippen LogP contribution in [0.3, 0.4) is 0 Å². The Balaban J connectivity index is 1.94. The Labute approximate surface area is 144 Å². The van der Waals surface area contributed by atoms with Crippen LogP contribution in [0.1, 0.15) is 11.1 Å². The summed E-state index contributed by atoms with van der Waals surface area (Å²) < 4.78 is 1.49. The van der Waals surface area contributed by atoms with Crippen LogP contribution in [0.25, 0.3) is 22.2 Å². The molecule has 3 aromatic heterocycles. The normalized spacial score (nSPS) is 10.9. The molecular weight excluding hydrogens is 312 g/mol. The lowest BCUT2D eigenvalue weighted by Crippen LogP contribution is -2.24. The van der Waals surface area contributed by atoms with Gasteiger partial charge in [-0.2, -0.15) is 5.10 Å². The van der Waals surface area contributed by atoms with Crippen molar-refractivity contribution in [2.24, 2.45) is 0 Å². The number of rotatable bonds is 3. The zero-order chi connectivity index (χ0) is 17.2. The highest BCUT2D eigenvalue weighted by Crippen LogP contribution is 2.23. The molecule has 0 saturated carbocycles. The average Bonchev–Trinajstić information content (AvgIpc) is 2.66. The van der Waals surface area contributed by atoms with E-state index in [1.807, 2.05) is 43.3 Å². The first kappa shape index (κ1) is 15.2. The van der Waals surface area contributed by atoms with Gasteiger partial charge in [-0.3, -0.25) is 14.8 Å². The van der Waals surface area contributed by atoms with Gasteiger partial charge < -0.3 is 0 Å². The highest BCUT2D eigenvalue weighted by atomic mass is 16.1. The molecule has 0 amide bonds. The second-order valence-electron chi connectivity index (χ2n) is 5.93. The van der Waals surface area contributed by atoms with Crippen LogP contribution in [0.2, 0.25) is 0 Å². The molecule has 0 aliphatic rings. The van der Waals surface area contributed by atoms with E-state index in [0.29, 0.717) is 23.1 Å². The number of hydrogen-bond donors (Lipinski definition) is 0. The van der Waals surface area contributed by atoms with E-state index in [2.05, 4.69) is 15.1 Å². The topological polar surface area (TPSA) is 60.7 Å². The molecule has 5 heteroatoms. The summed E-state index contributed by atoms with van der Waals surface area (Å²) in [5.74, 6) is 0. The van der Waals surface area contributed by atoms with Crippen LogP contribution >= 0.6 is 0 Å². The molecule has 25 heavy (non-hydrogen) atoms. The first-order valence-electron chi connectivity index (χ1n) is 8.04. The van der Waals surface area contributed by atoms with Gasteiger partial charge in [0.05, 0.1) is 11.9 Å². The van der Waals surface area contributed by atoms with Gasteiger partial charge in [0, 0.05) is 24.2 Å². The van der Waals surface area contributed by atoms with Crippen LogP contribution in [-0.4, -0.2) is 19.7 Å². The van der Waals surface area contributed by atoms with Crippen LogP contribution in [0.4, 0.5) is 0 Å². The summed E-state index contributed by atoms with van der Waals surface area (Å²) in [6.07, 6.45) is 5.11. The minimum atomic E-state index is -0.143. The Morgan fingerprint density at radius 1 is 0.960 bits per heavy atom. The van der Waals surface area contributed by atoms with Gasteiger partial charge in [0.25, 0.3) is 5.56 Å². The summed E-state index contributed by atoms with van der Waals surface area (Å²) in [6, 6.07) is 15.4. The molecule has 0 bridgehead atoms. The second-order valence-corrected chi connectivity index (χ2v) is 5.93. The van der Waals surface area contributed by atoms with Gasteiger partial charge in [-0.05, 0) is 36.8 Å². The lowest BCUT2D eigenvalue weighted by molar-refractivity contribution is 0.649. The van der Waals surface area contributed by atoms with Gasteiger partial charge >= 0.3 is 0 Å². The molecule has 1 aromatic carbocycles. The molecule has 5 nitrogen and oxygen atoms in total. The number of fused-ring (bicyclic) bond motifs is 1. The first-order valence-corrected chi connectivity index (χ1v) is 8.04. The van der Waals surface area contributed by atoms with Crippen molar-refractivity contribution >= 4 is 10.9 Å². The van der Waals surface area contributed by atoms with E-state index < -0.39 is 0 Å². The van der Waals surface area contributed by atoms with Crippen molar-refractivity contribution in [2.45, 2.75) is 13.5 Å². The van der Waals surface area contributed by atoms with Crippen molar-refractivity contribution < 1.29 is 0 Å². The molecule has 0 atom stereocenters. The maximum absolute atomic E-state index is 12.8. The van der Waals surface area contributed by atoms with Crippen LogP contribution in [-0.2, 0) is 6.54 Å². The van der Waals surface area contributed by atoms with Gasteiger partial charge in [0.2, 0.25) is 0 Å². The largest absolute Gasteiger partial charge is 0.276 e. The van der Waals surface area contributed by atoms with Gasteiger partial charge in [0.15, 0.2) is 0 Å². The number of pyridine rings is 2. The van der Waals surface area contributed by atoms with Gasteiger partial charge in [-0.1, -0.05) is 29.8 Å². The Morgan fingerprint density at radius 3 is 2.48 bits per heavy atom. The molecule has 4 aromatic rings. The molecule has 0 radical (unpaired) electrons. The predicted molar refractivity (Wildman–Crippen MR) is 97.3 cm³/mol. The number of benzene rings is 1. The molecule has 0 fully saturated rings. The summed E-state index contributed by atoms with van der Waals surface area (Å²) in [7, 11) is 0. The summed E-state index contributed by atoms with van der Waals surface area (Å²) in [5.41, 5.74) is 4.29. The van der Waals surface area contributed by atoms with Crippen molar-refractivity contribution in [2.75, 3.05) is 0 Å². The molecule has 3 heterocycles. The molecule has 122 valence electrons. The highest BCUT2D eigenvalue weighted by molar-refractivity contribution is 5.90. The monoisotopic (exact) mass is 328 g/mol. The molecule has 0 spiro atoms. The summed E-state index contributed by atoms with van der Waals surface area (Å²) in [4.78, 5) is 21.2. The number of aromatic nitrogens is 4. The SMILES string of the molecule is Cc1ccc(-c2nn(Cc3ccncc3)c(=O)c3cccnc23)cc1. The minimum absolute atomic E-state index is 0.143. The Bertz CT molecular complexity index is 1090. The van der Waals surface area contributed by atoms with E-state index in [1.54, 1.807) is 30.7 Å². The number of aryl methyl sites for hydroxylation is 1. The van der Waals surface area contributed by atoms with E-state index in [9.17, 15) is 4.79 Å². The average molecular weight is 328 g/mol. The van der Waals surface area contributed by atoms with Crippen molar-refractivity contribution in [3.05, 3.63) is 88.6 Å². The smallest absolute Gasteiger partial charge is 0.267 e. The third-order valence-corrected chi connectivity index (χ3v) is 4.12. The summed E-state index contributed by atoms with van der Waals surface area (Å²) in [6.45, 7) is 2.43. The minimum Gasteiger partial charge on any atom is -0.267 e. The molecule has 0 aliphatic heterocycles. The summed E-state index contributed by atoms with van der Waals surface area (Å²) in [5, 5.41) is 5.19. The standard InChI is InChI=1S/C20H16N4O/c1-14-4-6-16(7-5-14)18-19-17(3-2-10-22-19)20(25)24(23-18)13-15-8-11-21-12-9-15/h2-12H,13H2,1H3. The predicted octanol–water partition coefficient (Wildman–Crippen LogP) is 3.21. The number of hydrogen-bond acceptors (Lipinski definition) is 4. The van der Waals surface area contributed by atoms with Crippen LogP contribution < -0.4 is 5.56 Å². The zero-order valence-corrected chi connectivity index (χ0v) is 13.8. The van der Waals surface area contributed by atoms with E-state index in [1.165, 1.54) is 10.2 Å². The lowest BCUT2D eigenvalue weighted by atomic mass is 10.1. The molecular formula is C20H16N4O. The maximum atomic E-state index is 12.8. The number of nitrogens with zero attached hydrogens (tertiary/aromatic N) is 4. The Hall–Kier alpha value is -3.34. The Kier molecular flexibility index (Phi) is 3.82. The molecule has 0 N–H and O–H groups in total. The van der Waals surface area contributed by atoms with E-state index in [4.69, 9.17) is 0 Å². The van der Waals surface area contributed by atoms with E-state index >= 15 is 0 Å². The van der Waals surface area contributed by atoms with Crippen LogP contribution in [0.15, 0.2) is 71.9 Å². The van der Waals surface area contributed by atoms with E-state index in [-0.39, 0.29) is 5.56 Å². The third kappa shape index (κ3) is 2.92. The quantitative estimate of drug-likeness (QED) is 0.579. The maximum Gasteiger partial charge on any atom is 0.276 e. The van der Waals surface area contributed by atoms with Gasteiger partial charge in [-0.25, -0.2) is 4.68 Å². The fraction of sp³-hybridized carbons (Fsp3) is 0.100. The third-order valence-electron chi connectivity index (χ3n) is 4.12. The van der Waals surface area contributed by atoms with Crippen molar-refractivity contribution in [3.8, 4) is 11.3 Å². The zero-order valence-electron chi connectivity index (χ0n) is 13.8. The second kappa shape index (κ2) is 6.28. The molecule has 0 aliphatic carbocycles. The van der Waals surface area contributed by atoms with Gasteiger partial charge in [0.1, 0.15) is 11.2 Å². The molecule has 0 unspecified atom stereocenters. The molecule has 0 saturated heterocycles. The highest BCUT2D eigenvalue weighted by Gasteiger charge is 2.13. The lowest BCUT2D eigenvalue weighted by Gasteiger charge is -2.11. The van der Waals surface area contributed by atoms with Crippen LogP contribution in [0, 0.1) is 6.92 Å². The van der Waals surface area contributed by atoms with Crippen molar-refractivity contribution in [3.63, 3.8) is 0 Å². The van der Waals surface area contributed by atoms with Gasteiger partial charge in [-0.15, -0.1) is 0 Å². The van der Waals surface area contributed by atoms with Crippen molar-refractivity contribution in [1.29, 1.82) is 0 Å². The summed E-state index contributed by atoms with van der Waals surface area (Å²) >= 11 is 0. The molecule has 4 rings (SSSR count). The fourth-order valence-corrected chi connectivity index (χ4v) is 2.79. The van der Waals surface area contributed by atoms with Crippen molar-refractivity contribution in [1.82, 2.24) is 19.7 Å². The van der Waals surface area contributed by atoms with E-state index in [0.717, 1.165) is 11.1 Å². The van der Waals surface area contributed by atoms with Crippen LogP contribution in [0.5, 0.6) is 0 Å². The fourth-order valence-electron chi connectivity index (χ4n) is 2.79.